The number of carbonyl (C=O) groups excluding carboxylic acids is 1. The number of hydrogen-bond donors (Lipinski definition) is 2. The first-order valence-electron chi connectivity index (χ1n) is 7.03. The second-order valence-corrected chi connectivity index (χ2v) is 6.45. The Hall–Kier alpha value is -2.41. The summed E-state index contributed by atoms with van der Waals surface area (Å²) in [6.07, 6.45) is 1.76. The number of carbonyl (C=O) groups is 1. The molecule has 3 N–H and O–H groups in total. The van der Waals surface area contributed by atoms with Gasteiger partial charge in [-0.2, -0.15) is 8.42 Å². The Bertz CT molecular complexity index is 772. The first-order chi connectivity index (χ1) is 10.8. The van der Waals surface area contributed by atoms with Crippen molar-refractivity contribution in [2.75, 3.05) is 11.1 Å². The number of nitrogens with two attached hydrogens (primary N) is 1. The van der Waals surface area contributed by atoms with Crippen LogP contribution in [0.5, 0.6) is 0 Å². The van der Waals surface area contributed by atoms with Crippen molar-refractivity contribution in [2.24, 2.45) is 0 Å². The summed E-state index contributed by atoms with van der Waals surface area (Å²) in [6, 6.07) is 12.4. The van der Waals surface area contributed by atoms with Crippen LogP contribution in [0.25, 0.3) is 0 Å². The number of nitrogens with one attached hydrogen (secondary N) is 1. The van der Waals surface area contributed by atoms with Crippen LogP contribution in [0.1, 0.15) is 18.4 Å². The zero-order chi connectivity index (χ0) is 16.9. The average molecular weight is 336 g/mol. The van der Waals surface area contributed by atoms with Crippen molar-refractivity contribution < 1.29 is 17.1 Å². The Balaban J connectivity index is 1.81. The Kier molecular flexibility index (Phi) is 5.33. The predicted molar refractivity (Wildman–Crippen MR) is 87.2 cm³/mol. The molecule has 2 aromatic carbocycles. The second-order valence-electron chi connectivity index (χ2n) is 5.11. The summed E-state index contributed by atoms with van der Waals surface area (Å²) in [5.41, 5.74) is 7.83. The summed E-state index contributed by atoms with van der Waals surface area (Å²) in [4.78, 5) is 11.4. The van der Waals surface area contributed by atoms with Crippen molar-refractivity contribution in [3.05, 3.63) is 54.1 Å². The van der Waals surface area contributed by atoms with Gasteiger partial charge in [0.05, 0.1) is 4.90 Å². The highest BCUT2D eigenvalue weighted by Gasteiger charge is 2.11. The van der Waals surface area contributed by atoms with Gasteiger partial charge in [-0.15, -0.1) is 3.89 Å². The van der Waals surface area contributed by atoms with E-state index in [1.165, 1.54) is 12.1 Å². The van der Waals surface area contributed by atoms with Gasteiger partial charge in [0.2, 0.25) is 5.91 Å². The quantitative estimate of drug-likeness (QED) is 0.627. The lowest BCUT2D eigenvalue weighted by molar-refractivity contribution is -0.116. The van der Waals surface area contributed by atoms with Crippen LogP contribution in [-0.4, -0.2) is 14.3 Å². The van der Waals surface area contributed by atoms with Gasteiger partial charge in [-0.1, -0.05) is 12.1 Å². The van der Waals surface area contributed by atoms with Gasteiger partial charge in [-0.3, -0.25) is 4.79 Å². The van der Waals surface area contributed by atoms with Crippen LogP contribution in [0.3, 0.4) is 0 Å². The van der Waals surface area contributed by atoms with Crippen LogP contribution in [0.2, 0.25) is 0 Å². The normalized spacial score (nSPS) is 11.2. The van der Waals surface area contributed by atoms with Gasteiger partial charge in [0.25, 0.3) is 0 Å². The van der Waals surface area contributed by atoms with Crippen LogP contribution in [0.4, 0.5) is 15.3 Å². The first-order valence-corrected chi connectivity index (χ1v) is 8.42. The molecular formula is C16H17FN2O3S. The molecule has 0 aliphatic heterocycles. The summed E-state index contributed by atoms with van der Waals surface area (Å²) in [6.45, 7) is 0. The van der Waals surface area contributed by atoms with Gasteiger partial charge in [0.15, 0.2) is 0 Å². The molecule has 5 nitrogen and oxygen atoms in total. The highest BCUT2D eigenvalue weighted by molar-refractivity contribution is 7.86. The van der Waals surface area contributed by atoms with Gasteiger partial charge in [-0.25, -0.2) is 0 Å². The molecule has 0 bridgehead atoms. The fourth-order valence-electron chi connectivity index (χ4n) is 2.06. The Morgan fingerprint density at radius 1 is 1.04 bits per heavy atom. The Morgan fingerprint density at radius 2 is 1.65 bits per heavy atom. The number of benzene rings is 2. The van der Waals surface area contributed by atoms with Gasteiger partial charge < -0.3 is 11.1 Å². The number of hydrogen-bond acceptors (Lipinski definition) is 4. The van der Waals surface area contributed by atoms with Crippen molar-refractivity contribution in [2.45, 2.75) is 24.2 Å². The third kappa shape index (κ3) is 5.37. The number of anilines is 2. The standard InChI is InChI=1S/C16H17FN2O3S/c17-23(21,22)15-10-8-14(9-11-15)19-16(20)3-1-2-12-4-6-13(18)7-5-12/h4-11H,1-3,18H2,(H,19,20). The fraction of sp³-hybridized carbons (Fsp3) is 0.188. The zero-order valence-electron chi connectivity index (χ0n) is 12.3. The van der Waals surface area contributed by atoms with Gasteiger partial charge >= 0.3 is 10.2 Å². The molecule has 0 saturated heterocycles. The van der Waals surface area contributed by atoms with Crippen molar-refractivity contribution in [3.63, 3.8) is 0 Å². The largest absolute Gasteiger partial charge is 0.399 e. The van der Waals surface area contributed by atoms with Crippen molar-refractivity contribution in [1.29, 1.82) is 0 Å². The van der Waals surface area contributed by atoms with E-state index in [0.29, 0.717) is 24.2 Å². The van der Waals surface area contributed by atoms with E-state index in [4.69, 9.17) is 5.73 Å². The van der Waals surface area contributed by atoms with Gasteiger partial charge in [0, 0.05) is 17.8 Å². The molecule has 0 spiro atoms. The predicted octanol–water partition coefficient (Wildman–Crippen LogP) is 2.89. The number of rotatable bonds is 6. The molecule has 0 heterocycles. The molecule has 2 aromatic rings. The molecule has 0 aliphatic carbocycles. The van der Waals surface area contributed by atoms with E-state index in [0.717, 1.165) is 24.1 Å². The van der Waals surface area contributed by atoms with Crippen molar-refractivity contribution in [1.82, 2.24) is 0 Å². The minimum atomic E-state index is -4.72. The van der Waals surface area contributed by atoms with Crippen LogP contribution in [0, 0.1) is 0 Å². The maximum absolute atomic E-state index is 12.7. The minimum Gasteiger partial charge on any atom is -0.399 e. The van der Waals surface area contributed by atoms with Crippen molar-refractivity contribution in [3.8, 4) is 0 Å². The van der Waals surface area contributed by atoms with Crippen LogP contribution in [0.15, 0.2) is 53.4 Å². The van der Waals surface area contributed by atoms with E-state index < -0.39 is 15.1 Å². The molecule has 0 aliphatic rings. The lowest BCUT2D eigenvalue weighted by Gasteiger charge is -2.06. The van der Waals surface area contributed by atoms with E-state index in [1.54, 1.807) is 0 Å². The molecule has 0 radical (unpaired) electrons. The molecule has 0 atom stereocenters. The van der Waals surface area contributed by atoms with E-state index >= 15 is 0 Å². The third-order valence-corrected chi connectivity index (χ3v) is 4.10. The SMILES string of the molecule is Nc1ccc(CCCC(=O)Nc2ccc(S(=O)(=O)F)cc2)cc1. The summed E-state index contributed by atoms with van der Waals surface area (Å²) in [5.74, 6) is -0.184. The highest BCUT2D eigenvalue weighted by atomic mass is 32.3. The summed E-state index contributed by atoms with van der Waals surface area (Å²) in [5, 5.41) is 2.64. The highest BCUT2D eigenvalue weighted by Crippen LogP contribution is 2.16. The molecule has 0 unspecified atom stereocenters. The molecular weight excluding hydrogens is 319 g/mol. The number of nitrogen functional groups attached to an aromatic ring is 1. The molecule has 1 amide bonds. The molecule has 23 heavy (non-hydrogen) atoms. The molecule has 0 saturated carbocycles. The maximum Gasteiger partial charge on any atom is 0.332 e. The monoisotopic (exact) mass is 336 g/mol. The van der Waals surface area contributed by atoms with Crippen LogP contribution in [-0.2, 0) is 21.4 Å². The zero-order valence-corrected chi connectivity index (χ0v) is 13.1. The Morgan fingerprint density at radius 3 is 2.22 bits per heavy atom. The first kappa shape index (κ1) is 17.0. The number of aryl methyl sites for hydroxylation is 1. The van der Waals surface area contributed by atoms with E-state index in [-0.39, 0.29) is 5.91 Å². The van der Waals surface area contributed by atoms with Gasteiger partial charge in [-0.05, 0) is 54.8 Å². The number of amides is 1. The van der Waals surface area contributed by atoms with E-state index in [9.17, 15) is 17.1 Å². The third-order valence-electron chi connectivity index (χ3n) is 3.27. The smallest absolute Gasteiger partial charge is 0.332 e. The fourth-order valence-corrected chi connectivity index (χ4v) is 2.52. The van der Waals surface area contributed by atoms with Crippen LogP contribution >= 0.6 is 0 Å². The van der Waals surface area contributed by atoms with Gasteiger partial charge in [0.1, 0.15) is 0 Å². The van der Waals surface area contributed by atoms with Crippen molar-refractivity contribution >= 4 is 27.5 Å². The molecule has 0 fully saturated rings. The minimum absolute atomic E-state index is 0.184. The van der Waals surface area contributed by atoms with Crippen LogP contribution < -0.4 is 11.1 Å². The second kappa shape index (κ2) is 7.23. The average Bonchev–Trinajstić information content (AvgIpc) is 2.49. The summed E-state index contributed by atoms with van der Waals surface area (Å²) in [7, 11) is -4.72. The molecule has 122 valence electrons. The lowest BCUT2D eigenvalue weighted by atomic mass is 10.1. The molecule has 7 heteroatoms. The van der Waals surface area contributed by atoms with E-state index in [1.807, 2.05) is 24.3 Å². The maximum atomic E-state index is 12.7. The topological polar surface area (TPSA) is 89.3 Å². The van der Waals surface area contributed by atoms with E-state index in [2.05, 4.69) is 5.32 Å². The molecule has 2 rings (SSSR count). The molecule has 0 aromatic heterocycles. The number of halogens is 1. The lowest BCUT2D eigenvalue weighted by Crippen LogP contribution is -2.11. The summed E-state index contributed by atoms with van der Waals surface area (Å²) >= 11 is 0. The Labute approximate surface area is 134 Å². The summed E-state index contributed by atoms with van der Waals surface area (Å²) < 4.78 is 34.1.